The fourth-order valence-corrected chi connectivity index (χ4v) is 2.31. The van der Waals surface area contributed by atoms with Crippen molar-refractivity contribution in [3.63, 3.8) is 0 Å². The van der Waals surface area contributed by atoms with Crippen molar-refractivity contribution in [2.75, 3.05) is 6.54 Å². The van der Waals surface area contributed by atoms with Crippen LogP contribution in [0, 0.1) is 19.3 Å². The monoisotopic (exact) mass is 259 g/mol. The summed E-state index contributed by atoms with van der Waals surface area (Å²) in [6.45, 7) is 18.2. The molecule has 0 aliphatic heterocycles. The summed E-state index contributed by atoms with van der Waals surface area (Å²) in [6, 6.07) is 6.79. The normalized spacial score (nSPS) is 15.1. The summed E-state index contributed by atoms with van der Waals surface area (Å²) in [5.74, 6) is 0. The zero-order valence-corrected chi connectivity index (χ0v) is 13.4. The fraction of sp³-hybridized carbons (Fsp3) is 0.556. The molecule has 0 aromatic heterocycles. The summed E-state index contributed by atoms with van der Waals surface area (Å²) < 4.78 is 0. The van der Waals surface area contributed by atoms with Crippen LogP contribution in [0.1, 0.15) is 44.4 Å². The first kappa shape index (κ1) is 16.0. The van der Waals surface area contributed by atoms with E-state index in [9.17, 15) is 0 Å². The van der Waals surface area contributed by atoms with Crippen LogP contribution in [0.15, 0.2) is 30.9 Å². The predicted octanol–water partition coefficient (Wildman–Crippen LogP) is 4.43. The number of benzene rings is 1. The third-order valence-electron chi connectivity index (χ3n) is 3.40. The number of aryl methyl sites for hydroxylation is 2. The third kappa shape index (κ3) is 5.61. The van der Waals surface area contributed by atoms with Gasteiger partial charge in [-0.05, 0) is 46.6 Å². The van der Waals surface area contributed by atoms with Crippen LogP contribution < -0.4 is 5.32 Å². The van der Waals surface area contributed by atoms with E-state index in [2.05, 4.69) is 77.7 Å². The molecule has 106 valence electrons. The van der Waals surface area contributed by atoms with Crippen LogP contribution in [0.3, 0.4) is 0 Å². The SMILES string of the molecule is C=CC(C)(CNC(C)(C)C)Cc1cc(C)cc(C)c1. The second-order valence-corrected chi connectivity index (χ2v) is 7.13. The van der Waals surface area contributed by atoms with E-state index in [1.807, 2.05) is 0 Å². The molecule has 1 aromatic rings. The molecule has 0 heterocycles. The van der Waals surface area contributed by atoms with Gasteiger partial charge in [0, 0.05) is 17.5 Å². The number of nitrogens with one attached hydrogen (secondary N) is 1. The summed E-state index contributed by atoms with van der Waals surface area (Å²) in [6.07, 6.45) is 3.12. The topological polar surface area (TPSA) is 12.0 Å². The van der Waals surface area contributed by atoms with Crippen LogP contribution in [0.5, 0.6) is 0 Å². The Kier molecular flexibility index (Phi) is 4.98. The lowest BCUT2D eigenvalue weighted by Crippen LogP contribution is -2.43. The van der Waals surface area contributed by atoms with Crippen molar-refractivity contribution in [3.8, 4) is 0 Å². The molecule has 0 radical (unpaired) electrons. The Labute approximate surface area is 119 Å². The summed E-state index contributed by atoms with van der Waals surface area (Å²) in [5, 5.41) is 3.59. The molecule has 1 N–H and O–H groups in total. The smallest absolute Gasteiger partial charge is 0.00968 e. The van der Waals surface area contributed by atoms with Gasteiger partial charge in [-0.3, -0.25) is 0 Å². The predicted molar refractivity (Wildman–Crippen MR) is 85.7 cm³/mol. The molecule has 1 aromatic carbocycles. The van der Waals surface area contributed by atoms with Crippen LogP contribution in [-0.2, 0) is 6.42 Å². The number of hydrogen-bond acceptors (Lipinski definition) is 1. The maximum absolute atomic E-state index is 4.03. The first-order chi connectivity index (χ1) is 8.63. The molecule has 0 amide bonds. The Hall–Kier alpha value is -1.08. The van der Waals surface area contributed by atoms with Crippen molar-refractivity contribution >= 4 is 0 Å². The quantitative estimate of drug-likeness (QED) is 0.772. The lowest BCUT2D eigenvalue weighted by atomic mass is 9.82. The van der Waals surface area contributed by atoms with Gasteiger partial charge in [0.2, 0.25) is 0 Å². The largest absolute Gasteiger partial charge is 0.311 e. The van der Waals surface area contributed by atoms with E-state index in [1.165, 1.54) is 16.7 Å². The second kappa shape index (κ2) is 5.92. The molecule has 1 rings (SSSR count). The van der Waals surface area contributed by atoms with E-state index >= 15 is 0 Å². The highest BCUT2D eigenvalue weighted by Crippen LogP contribution is 2.25. The maximum Gasteiger partial charge on any atom is 0.00968 e. The minimum Gasteiger partial charge on any atom is -0.311 e. The zero-order valence-electron chi connectivity index (χ0n) is 13.4. The molecule has 0 aliphatic rings. The minimum absolute atomic E-state index is 0.0908. The lowest BCUT2D eigenvalue weighted by Gasteiger charge is -2.31. The first-order valence-corrected chi connectivity index (χ1v) is 7.09. The summed E-state index contributed by atoms with van der Waals surface area (Å²) in [4.78, 5) is 0. The minimum atomic E-state index is 0.0908. The molecule has 0 spiro atoms. The van der Waals surface area contributed by atoms with Gasteiger partial charge in [-0.25, -0.2) is 0 Å². The van der Waals surface area contributed by atoms with E-state index in [0.717, 1.165) is 13.0 Å². The highest BCUT2D eigenvalue weighted by Gasteiger charge is 2.23. The standard InChI is InChI=1S/C18H29N/c1-8-18(7,13-19-17(4,5)6)12-16-10-14(2)9-15(3)11-16/h8-11,19H,1,12-13H2,2-7H3. The Morgan fingerprint density at radius 3 is 2.00 bits per heavy atom. The van der Waals surface area contributed by atoms with Gasteiger partial charge in [0.1, 0.15) is 0 Å². The molecule has 0 saturated carbocycles. The van der Waals surface area contributed by atoms with Crippen LogP contribution in [0.4, 0.5) is 0 Å². The number of rotatable bonds is 5. The van der Waals surface area contributed by atoms with Gasteiger partial charge in [0.05, 0.1) is 0 Å². The Bertz CT molecular complexity index is 419. The summed E-state index contributed by atoms with van der Waals surface area (Å²) in [7, 11) is 0. The fourth-order valence-electron chi connectivity index (χ4n) is 2.31. The van der Waals surface area contributed by atoms with Gasteiger partial charge in [-0.1, -0.05) is 42.3 Å². The van der Waals surface area contributed by atoms with Crippen LogP contribution in [0.25, 0.3) is 0 Å². The average molecular weight is 259 g/mol. The van der Waals surface area contributed by atoms with Crippen molar-refractivity contribution < 1.29 is 0 Å². The molecule has 0 saturated heterocycles. The van der Waals surface area contributed by atoms with Gasteiger partial charge >= 0.3 is 0 Å². The Morgan fingerprint density at radius 2 is 1.58 bits per heavy atom. The van der Waals surface area contributed by atoms with Gasteiger partial charge in [-0.2, -0.15) is 0 Å². The molecule has 0 aliphatic carbocycles. The second-order valence-electron chi connectivity index (χ2n) is 7.13. The molecule has 0 bridgehead atoms. The Morgan fingerprint density at radius 1 is 1.05 bits per heavy atom. The van der Waals surface area contributed by atoms with E-state index < -0.39 is 0 Å². The van der Waals surface area contributed by atoms with Crippen LogP contribution in [0.2, 0.25) is 0 Å². The highest BCUT2D eigenvalue weighted by atomic mass is 15.0. The number of hydrogen-bond donors (Lipinski definition) is 1. The maximum atomic E-state index is 4.03. The first-order valence-electron chi connectivity index (χ1n) is 7.09. The van der Waals surface area contributed by atoms with Gasteiger partial charge in [0.25, 0.3) is 0 Å². The van der Waals surface area contributed by atoms with E-state index in [-0.39, 0.29) is 11.0 Å². The van der Waals surface area contributed by atoms with E-state index in [0.29, 0.717) is 0 Å². The average Bonchev–Trinajstić information content (AvgIpc) is 2.24. The van der Waals surface area contributed by atoms with Gasteiger partial charge in [0.15, 0.2) is 0 Å². The van der Waals surface area contributed by atoms with Crippen LogP contribution >= 0.6 is 0 Å². The van der Waals surface area contributed by atoms with Crippen molar-refractivity contribution in [1.82, 2.24) is 5.32 Å². The molecular weight excluding hydrogens is 230 g/mol. The lowest BCUT2D eigenvalue weighted by molar-refractivity contribution is 0.322. The Balaban J connectivity index is 2.82. The highest BCUT2D eigenvalue weighted by molar-refractivity contribution is 5.29. The van der Waals surface area contributed by atoms with Crippen molar-refractivity contribution in [2.45, 2.75) is 53.5 Å². The van der Waals surface area contributed by atoms with Gasteiger partial charge < -0.3 is 5.32 Å². The van der Waals surface area contributed by atoms with Crippen LogP contribution in [-0.4, -0.2) is 12.1 Å². The van der Waals surface area contributed by atoms with Crippen molar-refractivity contribution in [3.05, 3.63) is 47.5 Å². The molecule has 19 heavy (non-hydrogen) atoms. The molecule has 0 fully saturated rings. The van der Waals surface area contributed by atoms with E-state index in [1.54, 1.807) is 0 Å². The molecule has 1 nitrogen and oxygen atoms in total. The molecule has 1 atom stereocenters. The summed E-state index contributed by atoms with van der Waals surface area (Å²) in [5.41, 5.74) is 4.31. The molecule has 1 heteroatoms. The van der Waals surface area contributed by atoms with Crippen molar-refractivity contribution in [1.29, 1.82) is 0 Å². The zero-order chi connectivity index (χ0) is 14.7. The summed E-state index contributed by atoms with van der Waals surface area (Å²) >= 11 is 0. The van der Waals surface area contributed by atoms with Gasteiger partial charge in [-0.15, -0.1) is 6.58 Å². The van der Waals surface area contributed by atoms with E-state index in [4.69, 9.17) is 0 Å². The third-order valence-corrected chi connectivity index (χ3v) is 3.40. The van der Waals surface area contributed by atoms with Crippen molar-refractivity contribution in [2.24, 2.45) is 5.41 Å². The molecular formula is C18H29N. The molecule has 1 unspecified atom stereocenters.